The Balaban J connectivity index is 0.00000220. The normalized spacial score (nSPS) is 18.6. The first kappa shape index (κ1) is 17.7. The number of nitrogens with one attached hydrogen (secondary N) is 1. The number of nitrogens with zero attached hydrogens (tertiary/aromatic N) is 1. The third-order valence-corrected chi connectivity index (χ3v) is 3.65. The predicted octanol–water partition coefficient (Wildman–Crippen LogP) is 3.15. The molecule has 4 heteroatoms. The molecule has 0 saturated carbocycles. The van der Waals surface area contributed by atoms with Crippen molar-refractivity contribution in [2.24, 2.45) is 0 Å². The average Bonchev–Trinajstić information content (AvgIpc) is 2.57. The van der Waals surface area contributed by atoms with E-state index in [1.807, 2.05) is 37.4 Å². The molecule has 1 aliphatic rings. The molecule has 21 heavy (non-hydrogen) atoms. The van der Waals surface area contributed by atoms with Gasteiger partial charge in [-0.25, -0.2) is 0 Å². The third kappa shape index (κ3) is 4.08. The number of rotatable bonds is 3. The Kier molecular flexibility index (Phi) is 5.24. The van der Waals surface area contributed by atoms with E-state index in [2.05, 4.69) is 39.1 Å². The second-order valence-electron chi connectivity index (χ2n) is 6.68. The van der Waals surface area contributed by atoms with Crippen molar-refractivity contribution in [3.05, 3.63) is 47.5 Å². The van der Waals surface area contributed by atoms with Crippen LogP contribution in [0.2, 0.25) is 0 Å². The van der Waals surface area contributed by atoms with E-state index in [0.29, 0.717) is 6.54 Å². The molecular weight excluding hydrogens is 284 g/mol. The minimum atomic E-state index is -0.286. The van der Waals surface area contributed by atoms with Gasteiger partial charge >= 0.3 is 0 Å². The van der Waals surface area contributed by atoms with E-state index in [1.54, 1.807) is 4.90 Å². The highest BCUT2D eigenvalue weighted by Crippen LogP contribution is 2.30. The molecule has 0 aliphatic carbocycles. The Morgan fingerprint density at radius 2 is 1.71 bits per heavy atom. The van der Waals surface area contributed by atoms with Crippen LogP contribution in [0.3, 0.4) is 0 Å². The summed E-state index contributed by atoms with van der Waals surface area (Å²) in [6.07, 6.45) is 2.05. The van der Waals surface area contributed by atoms with Gasteiger partial charge in [-0.1, -0.05) is 36.4 Å². The molecule has 1 aliphatic heterocycles. The summed E-state index contributed by atoms with van der Waals surface area (Å²) in [7, 11) is 1.86. The number of carbonyl (C=O) groups excluding carboxylic acids is 1. The topological polar surface area (TPSA) is 32.3 Å². The summed E-state index contributed by atoms with van der Waals surface area (Å²) in [5.41, 5.74) is 1.57. The van der Waals surface area contributed by atoms with Gasteiger partial charge in [0.2, 0.25) is 0 Å². The maximum Gasteiger partial charge on any atom is 0.251 e. The van der Waals surface area contributed by atoms with E-state index in [0.717, 1.165) is 11.1 Å². The molecule has 116 valence electrons. The molecule has 1 aromatic rings. The molecule has 0 spiro atoms. The average molecular weight is 309 g/mol. The molecule has 1 amide bonds. The predicted molar refractivity (Wildman–Crippen MR) is 89.5 cm³/mol. The second-order valence-corrected chi connectivity index (χ2v) is 6.68. The molecule has 1 heterocycles. The van der Waals surface area contributed by atoms with Gasteiger partial charge < -0.3 is 4.90 Å². The molecule has 1 N–H and O–H groups in total. The van der Waals surface area contributed by atoms with Crippen LogP contribution >= 0.6 is 12.4 Å². The number of likely N-dealkylation sites (N-methyl/N-ethyl adjacent to an activating group) is 1. The van der Waals surface area contributed by atoms with E-state index < -0.39 is 0 Å². The highest BCUT2D eigenvalue weighted by molar-refractivity contribution is 5.96. The standard InChI is InChI=1S/C17H24N2O.ClH/c1-16(2)11-14(17(3,4)18-16)15(20)19(5)12-13-9-7-6-8-10-13;/h6-11,18H,12H2,1-5H3;1H. The van der Waals surface area contributed by atoms with E-state index in [1.165, 1.54) is 0 Å². The van der Waals surface area contributed by atoms with Crippen molar-refractivity contribution >= 4 is 18.3 Å². The molecule has 0 bridgehead atoms. The first-order valence-electron chi connectivity index (χ1n) is 7.03. The molecule has 0 unspecified atom stereocenters. The number of halogens is 1. The van der Waals surface area contributed by atoms with Crippen LogP contribution in [0.5, 0.6) is 0 Å². The Morgan fingerprint density at radius 3 is 2.19 bits per heavy atom. The van der Waals surface area contributed by atoms with Gasteiger partial charge in [-0.05, 0) is 33.3 Å². The highest BCUT2D eigenvalue weighted by Gasteiger charge is 2.40. The zero-order valence-corrected chi connectivity index (χ0v) is 14.3. The lowest BCUT2D eigenvalue weighted by Crippen LogP contribution is -2.47. The van der Waals surface area contributed by atoms with Gasteiger partial charge in [-0.15, -0.1) is 12.4 Å². The lowest BCUT2D eigenvalue weighted by molar-refractivity contribution is -0.127. The maximum atomic E-state index is 12.7. The van der Waals surface area contributed by atoms with Crippen LogP contribution in [-0.4, -0.2) is 28.9 Å². The first-order chi connectivity index (χ1) is 9.21. The fourth-order valence-corrected chi connectivity index (χ4v) is 2.91. The third-order valence-electron chi connectivity index (χ3n) is 3.65. The molecule has 2 rings (SSSR count). The summed E-state index contributed by atoms with van der Waals surface area (Å²) < 4.78 is 0. The van der Waals surface area contributed by atoms with Crippen molar-refractivity contribution in [2.75, 3.05) is 7.05 Å². The van der Waals surface area contributed by atoms with Crippen molar-refractivity contribution in [3.63, 3.8) is 0 Å². The Morgan fingerprint density at radius 1 is 1.14 bits per heavy atom. The lowest BCUT2D eigenvalue weighted by atomic mass is 9.95. The van der Waals surface area contributed by atoms with E-state index in [-0.39, 0.29) is 29.4 Å². The van der Waals surface area contributed by atoms with Gasteiger partial charge in [0.25, 0.3) is 5.91 Å². The number of hydrogen-bond donors (Lipinski definition) is 1. The van der Waals surface area contributed by atoms with Crippen molar-refractivity contribution < 1.29 is 4.79 Å². The number of hydrogen-bond acceptors (Lipinski definition) is 2. The number of benzene rings is 1. The van der Waals surface area contributed by atoms with E-state index in [9.17, 15) is 4.79 Å². The molecule has 0 saturated heterocycles. The van der Waals surface area contributed by atoms with Crippen LogP contribution in [0.1, 0.15) is 33.3 Å². The Hall–Kier alpha value is -1.32. The smallest absolute Gasteiger partial charge is 0.251 e. The SMILES string of the molecule is CN(Cc1ccccc1)C(=O)C1=CC(C)(C)NC1(C)C.Cl. The minimum Gasteiger partial charge on any atom is -0.338 e. The van der Waals surface area contributed by atoms with Gasteiger partial charge in [-0.2, -0.15) is 0 Å². The van der Waals surface area contributed by atoms with Crippen LogP contribution in [0.4, 0.5) is 0 Å². The van der Waals surface area contributed by atoms with Gasteiger partial charge in [0.1, 0.15) is 0 Å². The van der Waals surface area contributed by atoms with Crippen molar-refractivity contribution in [1.29, 1.82) is 0 Å². The Labute approximate surface area is 133 Å². The van der Waals surface area contributed by atoms with Crippen molar-refractivity contribution in [1.82, 2.24) is 10.2 Å². The van der Waals surface area contributed by atoms with Crippen molar-refractivity contribution in [3.8, 4) is 0 Å². The molecule has 3 nitrogen and oxygen atoms in total. The fraction of sp³-hybridized carbons (Fsp3) is 0.471. The van der Waals surface area contributed by atoms with Gasteiger partial charge in [-0.3, -0.25) is 10.1 Å². The molecule has 0 fully saturated rings. The van der Waals surface area contributed by atoms with Crippen LogP contribution in [-0.2, 0) is 11.3 Å². The van der Waals surface area contributed by atoms with Crippen LogP contribution in [0.15, 0.2) is 42.0 Å². The molecule has 0 radical (unpaired) electrons. The first-order valence-corrected chi connectivity index (χ1v) is 7.03. The zero-order chi connectivity index (χ0) is 15.0. The molecule has 0 atom stereocenters. The summed E-state index contributed by atoms with van der Waals surface area (Å²) in [6.45, 7) is 8.93. The number of amides is 1. The molecule has 0 aromatic heterocycles. The van der Waals surface area contributed by atoms with Crippen LogP contribution in [0.25, 0.3) is 0 Å². The maximum absolute atomic E-state index is 12.7. The minimum absolute atomic E-state index is 0. The monoisotopic (exact) mass is 308 g/mol. The van der Waals surface area contributed by atoms with Crippen molar-refractivity contribution in [2.45, 2.75) is 45.3 Å². The highest BCUT2D eigenvalue weighted by atomic mass is 35.5. The van der Waals surface area contributed by atoms with Gasteiger partial charge in [0.15, 0.2) is 0 Å². The molecular formula is C17H25ClN2O. The summed E-state index contributed by atoms with van der Waals surface area (Å²) in [5, 5.41) is 3.48. The van der Waals surface area contributed by atoms with Gasteiger partial charge in [0.05, 0.1) is 0 Å². The summed E-state index contributed by atoms with van der Waals surface area (Å²) in [6, 6.07) is 10.1. The van der Waals surface area contributed by atoms with Crippen LogP contribution in [0, 0.1) is 0 Å². The lowest BCUT2D eigenvalue weighted by Gasteiger charge is -2.29. The molecule has 1 aromatic carbocycles. The van der Waals surface area contributed by atoms with Crippen LogP contribution < -0.4 is 5.32 Å². The second kappa shape index (κ2) is 6.20. The quantitative estimate of drug-likeness (QED) is 0.930. The largest absolute Gasteiger partial charge is 0.338 e. The Bertz CT molecular complexity index is 535. The summed E-state index contributed by atoms with van der Waals surface area (Å²) in [4.78, 5) is 14.5. The fourth-order valence-electron chi connectivity index (χ4n) is 2.91. The summed E-state index contributed by atoms with van der Waals surface area (Å²) >= 11 is 0. The summed E-state index contributed by atoms with van der Waals surface area (Å²) in [5.74, 6) is 0.0944. The number of carbonyl (C=O) groups is 1. The van der Waals surface area contributed by atoms with E-state index in [4.69, 9.17) is 0 Å². The van der Waals surface area contributed by atoms with E-state index >= 15 is 0 Å². The van der Waals surface area contributed by atoms with Gasteiger partial charge in [0, 0.05) is 30.2 Å². The zero-order valence-electron chi connectivity index (χ0n) is 13.4.